The molecule has 1 fully saturated rings. The van der Waals surface area contributed by atoms with Crippen molar-refractivity contribution in [3.05, 3.63) is 23.8 Å². The molecule has 1 N–H and O–H groups in total. The summed E-state index contributed by atoms with van der Waals surface area (Å²) in [6.45, 7) is 0. The topological polar surface area (TPSA) is 46.5 Å². The van der Waals surface area contributed by atoms with Gasteiger partial charge < -0.3 is 9.84 Å². The molecule has 0 aromatic heterocycles. The maximum atomic E-state index is 10.8. The Kier molecular flexibility index (Phi) is 2.86. The van der Waals surface area contributed by atoms with Crippen molar-refractivity contribution in [2.24, 2.45) is 0 Å². The van der Waals surface area contributed by atoms with E-state index >= 15 is 0 Å². The highest BCUT2D eigenvalue weighted by atomic mass is 32.2. The minimum Gasteiger partial charge on any atom is -0.489 e. The average Bonchev–Trinajstić information content (AvgIpc) is 3.01. The second kappa shape index (κ2) is 4.14. The third-order valence-electron chi connectivity index (χ3n) is 2.23. The average molecular weight is 224 g/mol. The first kappa shape index (κ1) is 10.4. The number of benzene rings is 1. The monoisotopic (exact) mass is 224 g/mol. The SMILES string of the molecule is CSc1ccc(C(=O)O)cc1OC1CC1. The first-order valence-electron chi connectivity index (χ1n) is 4.78. The Morgan fingerprint density at radius 3 is 2.80 bits per heavy atom. The van der Waals surface area contributed by atoms with Crippen molar-refractivity contribution >= 4 is 17.7 Å². The molecule has 15 heavy (non-hydrogen) atoms. The standard InChI is InChI=1S/C11H12O3S/c1-15-10-5-2-7(11(12)13)6-9(10)14-8-3-4-8/h2,5-6,8H,3-4H2,1H3,(H,12,13). The van der Waals surface area contributed by atoms with Crippen LogP contribution in [-0.4, -0.2) is 23.4 Å². The summed E-state index contributed by atoms with van der Waals surface area (Å²) in [6, 6.07) is 5.01. The van der Waals surface area contributed by atoms with Crippen LogP contribution in [0.15, 0.2) is 23.1 Å². The molecule has 1 saturated carbocycles. The zero-order valence-corrected chi connectivity index (χ0v) is 9.21. The normalized spacial score (nSPS) is 15.0. The summed E-state index contributed by atoms with van der Waals surface area (Å²) in [6.07, 6.45) is 4.39. The zero-order chi connectivity index (χ0) is 10.8. The molecule has 0 unspecified atom stereocenters. The molecular formula is C11H12O3S. The number of thioether (sulfide) groups is 1. The lowest BCUT2D eigenvalue weighted by Gasteiger charge is -2.09. The van der Waals surface area contributed by atoms with Crippen molar-refractivity contribution < 1.29 is 14.6 Å². The highest BCUT2D eigenvalue weighted by Gasteiger charge is 2.24. The minimum atomic E-state index is -0.914. The van der Waals surface area contributed by atoms with Gasteiger partial charge in [-0.25, -0.2) is 4.79 Å². The van der Waals surface area contributed by atoms with Gasteiger partial charge in [0.05, 0.1) is 11.7 Å². The molecule has 0 spiro atoms. The Morgan fingerprint density at radius 1 is 1.53 bits per heavy atom. The van der Waals surface area contributed by atoms with Crippen molar-refractivity contribution in [2.75, 3.05) is 6.26 Å². The van der Waals surface area contributed by atoms with Crippen molar-refractivity contribution in [3.63, 3.8) is 0 Å². The van der Waals surface area contributed by atoms with Crippen molar-refractivity contribution in [3.8, 4) is 5.75 Å². The van der Waals surface area contributed by atoms with Crippen LogP contribution in [0.2, 0.25) is 0 Å². The Bertz CT molecular complexity index is 385. The van der Waals surface area contributed by atoms with E-state index in [9.17, 15) is 4.79 Å². The lowest BCUT2D eigenvalue weighted by molar-refractivity contribution is 0.0696. The van der Waals surface area contributed by atoms with Gasteiger partial charge >= 0.3 is 5.97 Å². The maximum Gasteiger partial charge on any atom is 0.335 e. The predicted molar refractivity (Wildman–Crippen MR) is 58.8 cm³/mol. The van der Waals surface area contributed by atoms with Crippen LogP contribution >= 0.6 is 11.8 Å². The van der Waals surface area contributed by atoms with E-state index in [1.54, 1.807) is 30.0 Å². The van der Waals surface area contributed by atoms with Crippen LogP contribution in [0, 0.1) is 0 Å². The number of hydrogen-bond acceptors (Lipinski definition) is 3. The summed E-state index contributed by atoms with van der Waals surface area (Å²) in [5, 5.41) is 8.86. The van der Waals surface area contributed by atoms with Gasteiger partial charge in [-0.15, -0.1) is 11.8 Å². The number of hydrogen-bond donors (Lipinski definition) is 1. The Labute approximate surface area is 92.4 Å². The van der Waals surface area contributed by atoms with Crippen LogP contribution in [0.4, 0.5) is 0 Å². The molecule has 1 aromatic carbocycles. The van der Waals surface area contributed by atoms with Crippen LogP contribution < -0.4 is 4.74 Å². The summed E-state index contributed by atoms with van der Waals surface area (Å²) in [5.41, 5.74) is 0.281. The van der Waals surface area contributed by atoms with E-state index in [-0.39, 0.29) is 5.56 Å². The van der Waals surface area contributed by atoms with Gasteiger partial charge in [0.2, 0.25) is 0 Å². The van der Waals surface area contributed by atoms with Crippen molar-refractivity contribution in [2.45, 2.75) is 23.8 Å². The van der Waals surface area contributed by atoms with Crippen LogP contribution in [-0.2, 0) is 0 Å². The van der Waals surface area contributed by atoms with E-state index in [1.165, 1.54) is 0 Å². The molecule has 0 bridgehead atoms. The lowest BCUT2D eigenvalue weighted by Crippen LogP contribution is -2.01. The highest BCUT2D eigenvalue weighted by molar-refractivity contribution is 7.98. The summed E-state index contributed by atoms with van der Waals surface area (Å²) < 4.78 is 5.65. The Balaban J connectivity index is 2.28. The van der Waals surface area contributed by atoms with Crippen LogP contribution in [0.3, 0.4) is 0 Å². The smallest absolute Gasteiger partial charge is 0.335 e. The molecule has 80 valence electrons. The Hall–Kier alpha value is -1.16. The largest absolute Gasteiger partial charge is 0.489 e. The molecule has 0 radical (unpaired) electrons. The molecule has 1 aromatic rings. The molecule has 1 aliphatic carbocycles. The van der Waals surface area contributed by atoms with Gasteiger partial charge in [0.15, 0.2) is 0 Å². The fourth-order valence-corrected chi connectivity index (χ4v) is 1.78. The van der Waals surface area contributed by atoms with E-state index in [0.29, 0.717) is 11.9 Å². The number of ether oxygens (including phenoxy) is 1. The molecule has 1 aliphatic rings. The quantitative estimate of drug-likeness (QED) is 0.799. The van der Waals surface area contributed by atoms with Gasteiger partial charge in [0.1, 0.15) is 5.75 Å². The number of carboxylic acid groups (broad SMARTS) is 1. The number of carbonyl (C=O) groups is 1. The van der Waals surface area contributed by atoms with E-state index in [0.717, 1.165) is 17.7 Å². The molecule has 4 heteroatoms. The first-order chi connectivity index (χ1) is 7.20. The molecule has 0 aliphatic heterocycles. The van der Waals surface area contributed by atoms with Crippen molar-refractivity contribution in [1.29, 1.82) is 0 Å². The zero-order valence-electron chi connectivity index (χ0n) is 8.40. The third kappa shape index (κ3) is 2.45. The predicted octanol–water partition coefficient (Wildman–Crippen LogP) is 2.65. The van der Waals surface area contributed by atoms with Crippen LogP contribution in [0.25, 0.3) is 0 Å². The van der Waals surface area contributed by atoms with Gasteiger partial charge in [0.25, 0.3) is 0 Å². The number of carboxylic acids is 1. The fraction of sp³-hybridized carbons (Fsp3) is 0.364. The summed E-state index contributed by atoms with van der Waals surface area (Å²) in [5.74, 6) is -0.215. The molecule has 0 atom stereocenters. The van der Waals surface area contributed by atoms with Crippen LogP contribution in [0.1, 0.15) is 23.2 Å². The van der Waals surface area contributed by atoms with Crippen molar-refractivity contribution in [1.82, 2.24) is 0 Å². The molecule has 0 heterocycles. The Morgan fingerprint density at radius 2 is 2.27 bits per heavy atom. The minimum absolute atomic E-state index is 0.281. The van der Waals surface area contributed by atoms with Gasteiger partial charge in [-0.05, 0) is 37.3 Å². The summed E-state index contributed by atoms with van der Waals surface area (Å²) in [4.78, 5) is 11.8. The van der Waals surface area contributed by atoms with E-state index in [1.807, 2.05) is 6.26 Å². The molecule has 0 saturated heterocycles. The summed E-state index contributed by atoms with van der Waals surface area (Å²) >= 11 is 1.57. The first-order valence-corrected chi connectivity index (χ1v) is 6.01. The molecule has 2 rings (SSSR count). The number of rotatable bonds is 4. The molecule has 0 amide bonds. The van der Waals surface area contributed by atoms with E-state index in [2.05, 4.69) is 0 Å². The number of aromatic carboxylic acids is 1. The molecular weight excluding hydrogens is 212 g/mol. The second-order valence-electron chi connectivity index (χ2n) is 3.49. The summed E-state index contributed by atoms with van der Waals surface area (Å²) in [7, 11) is 0. The van der Waals surface area contributed by atoms with Gasteiger partial charge in [-0.1, -0.05) is 0 Å². The van der Waals surface area contributed by atoms with E-state index in [4.69, 9.17) is 9.84 Å². The van der Waals surface area contributed by atoms with Gasteiger partial charge in [-0.3, -0.25) is 0 Å². The third-order valence-corrected chi connectivity index (χ3v) is 3.01. The van der Waals surface area contributed by atoms with E-state index < -0.39 is 5.97 Å². The van der Waals surface area contributed by atoms with Gasteiger partial charge in [-0.2, -0.15) is 0 Å². The lowest BCUT2D eigenvalue weighted by atomic mass is 10.2. The van der Waals surface area contributed by atoms with Crippen LogP contribution in [0.5, 0.6) is 5.75 Å². The highest BCUT2D eigenvalue weighted by Crippen LogP contribution is 2.34. The fourth-order valence-electron chi connectivity index (χ4n) is 1.27. The second-order valence-corrected chi connectivity index (χ2v) is 4.34. The molecule has 3 nitrogen and oxygen atoms in total. The van der Waals surface area contributed by atoms with Gasteiger partial charge in [0, 0.05) is 4.90 Å². The maximum absolute atomic E-state index is 10.8.